The molecule has 0 fully saturated rings. The summed E-state index contributed by atoms with van der Waals surface area (Å²) in [5.41, 5.74) is 3.55. The summed E-state index contributed by atoms with van der Waals surface area (Å²) in [7, 11) is 2.03. The quantitative estimate of drug-likeness (QED) is 0.634. The number of aliphatic hydroxyl groups is 1. The van der Waals surface area contributed by atoms with Gasteiger partial charge in [-0.3, -0.25) is 14.9 Å². The Kier molecular flexibility index (Phi) is 4.90. The van der Waals surface area contributed by atoms with Crippen LogP contribution >= 0.6 is 0 Å². The number of carbonyl (C=O) groups is 1. The summed E-state index contributed by atoms with van der Waals surface area (Å²) in [4.78, 5) is 25.0. The first-order chi connectivity index (χ1) is 12.4. The molecule has 2 aromatic carbocycles. The van der Waals surface area contributed by atoms with Crippen molar-refractivity contribution in [1.29, 1.82) is 0 Å². The van der Waals surface area contributed by atoms with Gasteiger partial charge in [0.05, 0.1) is 11.0 Å². The zero-order valence-corrected chi connectivity index (χ0v) is 14.7. The summed E-state index contributed by atoms with van der Waals surface area (Å²) in [6, 6.07) is 10.2. The number of nitro groups is 1. The number of hydrogen-bond donors (Lipinski definition) is 2. The molecule has 1 amide bonds. The van der Waals surface area contributed by atoms with Gasteiger partial charge in [-0.1, -0.05) is 18.2 Å². The largest absolute Gasteiger partial charge is 0.387 e. The monoisotopic (exact) mass is 355 g/mol. The number of aliphatic hydroxyl groups excluding tert-OH is 1. The van der Waals surface area contributed by atoms with E-state index < -0.39 is 16.9 Å². The molecule has 0 radical (unpaired) electrons. The summed E-state index contributed by atoms with van der Waals surface area (Å²) in [6.07, 6.45) is 0.0974. The number of likely N-dealkylation sites (N-methyl/N-ethyl adjacent to an activating group) is 1. The lowest BCUT2D eigenvalue weighted by atomic mass is 10.0. The van der Waals surface area contributed by atoms with Crippen LogP contribution in [0.25, 0.3) is 0 Å². The molecule has 0 bridgehead atoms. The van der Waals surface area contributed by atoms with E-state index in [1.54, 1.807) is 6.92 Å². The van der Waals surface area contributed by atoms with Crippen molar-refractivity contribution >= 4 is 17.3 Å². The van der Waals surface area contributed by atoms with Gasteiger partial charge in [-0.2, -0.15) is 0 Å². The molecule has 0 aromatic heterocycles. The fourth-order valence-electron chi connectivity index (χ4n) is 3.26. The molecular weight excluding hydrogens is 334 g/mol. The molecule has 7 heteroatoms. The molecule has 136 valence electrons. The Morgan fingerprint density at radius 3 is 2.88 bits per heavy atom. The predicted octanol–water partition coefficient (Wildman–Crippen LogP) is 2.36. The number of anilines is 1. The first-order valence-corrected chi connectivity index (χ1v) is 8.42. The maximum Gasteiger partial charge on any atom is 0.273 e. The van der Waals surface area contributed by atoms with Crippen molar-refractivity contribution in [1.82, 2.24) is 5.32 Å². The van der Waals surface area contributed by atoms with E-state index in [1.807, 2.05) is 25.2 Å². The van der Waals surface area contributed by atoms with E-state index in [0.717, 1.165) is 24.2 Å². The second kappa shape index (κ2) is 7.13. The number of rotatable bonds is 5. The second-order valence-electron chi connectivity index (χ2n) is 6.49. The van der Waals surface area contributed by atoms with Gasteiger partial charge in [0.15, 0.2) is 0 Å². The molecule has 1 aliphatic rings. The van der Waals surface area contributed by atoms with Crippen molar-refractivity contribution in [2.75, 3.05) is 25.0 Å². The van der Waals surface area contributed by atoms with E-state index in [9.17, 15) is 20.0 Å². The fraction of sp³-hybridized carbons (Fsp3) is 0.316. The molecule has 0 aliphatic carbocycles. The maximum atomic E-state index is 12.4. The summed E-state index contributed by atoms with van der Waals surface area (Å²) in [6.45, 7) is 2.54. The SMILES string of the molecule is Cc1c(C(=O)NCC(O)c2ccc3c(c2)CCN3C)cccc1[N+](=O)[O-]. The van der Waals surface area contributed by atoms with Crippen LogP contribution in [0.4, 0.5) is 11.4 Å². The van der Waals surface area contributed by atoms with Crippen LogP contribution in [0.2, 0.25) is 0 Å². The first-order valence-electron chi connectivity index (χ1n) is 8.42. The molecule has 26 heavy (non-hydrogen) atoms. The smallest absolute Gasteiger partial charge is 0.273 e. The normalized spacial score (nSPS) is 14.0. The Labute approximate surface area is 151 Å². The van der Waals surface area contributed by atoms with Gasteiger partial charge in [0.2, 0.25) is 0 Å². The zero-order valence-electron chi connectivity index (χ0n) is 14.7. The Balaban J connectivity index is 1.68. The van der Waals surface area contributed by atoms with E-state index in [-0.39, 0.29) is 17.8 Å². The van der Waals surface area contributed by atoms with Crippen LogP contribution in [0.3, 0.4) is 0 Å². The number of carbonyl (C=O) groups excluding carboxylic acids is 1. The molecule has 2 aromatic rings. The van der Waals surface area contributed by atoms with Crippen LogP contribution in [0.5, 0.6) is 0 Å². The summed E-state index contributed by atoms with van der Waals surface area (Å²) in [5.74, 6) is -0.439. The third-order valence-corrected chi connectivity index (χ3v) is 4.82. The van der Waals surface area contributed by atoms with Gasteiger partial charge < -0.3 is 15.3 Å². The topological polar surface area (TPSA) is 95.7 Å². The Morgan fingerprint density at radius 1 is 1.38 bits per heavy atom. The number of fused-ring (bicyclic) bond motifs is 1. The second-order valence-corrected chi connectivity index (χ2v) is 6.49. The third-order valence-electron chi connectivity index (χ3n) is 4.82. The molecule has 1 aliphatic heterocycles. The highest BCUT2D eigenvalue weighted by Crippen LogP contribution is 2.29. The van der Waals surface area contributed by atoms with E-state index in [0.29, 0.717) is 5.56 Å². The number of nitrogens with zero attached hydrogens (tertiary/aromatic N) is 2. The number of nitrogens with one attached hydrogen (secondary N) is 1. The van der Waals surface area contributed by atoms with Crippen molar-refractivity contribution in [3.05, 3.63) is 68.8 Å². The molecule has 1 atom stereocenters. The average molecular weight is 355 g/mol. The highest BCUT2D eigenvalue weighted by atomic mass is 16.6. The lowest BCUT2D eigenvalue weighted by Gasteiger charge is -2.16. The van der Waals surface area contributed by atoms with Crippen molar-refractivity contribution in [3.8, 4) is 0 Å². The Hall–Kier alpha value is -2.93. The maximum absolute atomic E-state index is 12.4. The van der Waals surface area contributed by atoms with Crippen molar-refractivity contribution in [2.24, 2.45) is 0 Å². The van der Waals surface area contributed by atoms with Gasteiger partial charge in [-0.05, 0) is 36.6 Å². The van der Waals surface area contributed by atoms with Gasteiger partial charge in [0.1, 0.15) is 0 Å². The number of amides is 1. The van der Waals surface area contributed by atoms with Crippen LogP contribution in [-0.2, 0) is 6.42 Å². The van der Waals surface area contributed by atoms with Crippen molar-refractivity contribution in [2.45, 2.75) is 19.4 Å². The van der Waals surface area contributed by atoms with E-state index >= 15 is 0 Å². The Morgan fingerprint density at radius 2 is 2.15 bits per heavy atom. The molecule has 1 heterocycles. The summed E-state index contributed by atoms with van der Waals surface area (Å²) in [5, 5.41) is 24.0. The summed E-state index contributed by atoms with van der Waals surface area (Å²) >= 11 is 0. The molecule has 0 saturated heterocycles. The molecule has 0 spiro atoms. The number of benzene rings is 2. The minimum Gasteiger partial charge on any atom is -0.387 e. The highest BCUT2D eigenvalue weighted by molar-refractivity contribution is 5.96. The van der Waals surface area contributed by atoms with Crippen molar-refractivity contribution in [3.63, 3.8) is 0 Å². The summed E-state index contributed by atoms with van der Waals surface area (Å²) < 4.78 is 0. The lowest BCUT2D eigenvalue weighted by Crippen LogP contribution is -2.29. The molecule has 0 saturated carbocycles. The van der Waals surface area contributed by atoms with Crippen molar-refractivity contribution < 1.29 is 14.8 Å². The van der Waals surface area contributed by atoms with Crippen LogP contribution in [0, 0.1) is 17.0 Å². The fourth-order valence-corrected chi connectivity index (χ4v) is 3.26. The lowest BCUT2D eigenvalue weighted by molar-refractivity contribution is -0.385. The minimum absolute atomic E-state index is 0.0373. The number of hydrogen-bond acceptors (Lipinski definition) is 5. The van der Waals surface area contributed by atoms with Gasteiger partial charge in [-0.25, -0.2) is 0 Å². The predicted molar refractivity (Wildman–Crippen MR) is 98.5 cm³/mol. The van der Waals surface area contributed by atoms with Crippen LogP contribution in [-0.4, -0.2) is 36.1 Å². The van der Waals surface area contributed by atoms with Gasteiger partial charge in [0, 0.05) is 43.0 Å². The molecular formula is C19H21N3O4. The molecule has 1 unspecified atom stereocenters. The Bertz CT molecular complexity index is 866. The number of nitro benzene ring substituents is 1. The van der Waals surface area contributed by atoms with E-state index in [4.69, 9.17) is 0 Å². The van der Waals surface area contributed by atoms with E-state index in [2.05, 4.69) is 10.2 Å². The van der Waals surface area contributed by atoms with Gasteiger partial charge in [0.25, 0.3) is 11.6 Å². The van der Waals surface area contributed by atoms with E-state index in [1.165, 1.54) is 23.8 Å². The van der Waals surface area contributed by atoms with Gasteiger partial charge >= 0.3 is 0 Å². The average Bonchev–Trinajstić information content (AvgIpc) is 2.99. The zero-order chi connectivity index (χ0) is 18.8. The molecule has 7 nitrogen and oxygen atoms in total. The molecule has 3 rings (SSSR count). The standard InChI is InChI=1S/C19H21N3O4/c1-12-15(4-3-5-16(12)22(25)26)19(24)20-11-18(23)14-6-7-17-13(10-14)8-9-21(17)2/h3-7,10,18,23H,8-9,11H2,1-2H3,(H,20,24). The van der Waals surface area contributed by atoms with Crippen LogP contribution < -0.4 is 10.2 Å². The van der Waals surface area contributed by atoms with Gasteiger partial charge in [-0.15, -0.1) is 0 Å². The van der Waals surface area contributed by atoms with Crippen LogP contribution in [0.15, 0.2) is 36.4 Å². The highest BCUT2D eigenvalue weighted by Gasteiger charge is 2.20. The van der Waals surface area contributed by atoms with Crippen LogP contribution in [0.1, 0.15) is 33.2 Å². The first kappa shape index (κ1) is 17.9. The minimum atomic E-state index is -0.839. The third kappa shape index (κ3) is 3.39. The molecule has 2 N–H and O–H groups in total.